The van der Waals surface area contributed by atoms with E-state index >= 15 is 0 Å². The minimum atomic E-state index is -2.34. The predicted molar refractivity (Wildman–Crippen MR) is 82.7 cm³/mol. The van der Waals surface area contributed by atoms with Gasteiger partial charge in [0.05, 0.1) is 13.2 Å². The number of rotatable bonds is 9. The van der Waals surface area contributed by atoms with Crippen LogP contribution in [0.3, 0.4) is 0 Å². The maximum Gasteiger partial charge on any atom is 0.251 e. The average Bonchev–Trinajstić information content (AvgIpc) is 2.39. The first-order chi connectivity index (χ1) is 9.97. The lowest BCUT2D eigenvalue weighted by atomic mass is 9.72. The van der Waals surface area contributed by atoms with E-state index in [1.807, 2.05) is 0 Å². The van der Waals surface area contributed by atoms with E-state index in [-0.39, 0.29) is 13.2 Å². The molecule has 4 unspecified atom stereocenters. The van der Waals surface area contributed by atoms with Crippen LogP contribution in [0.15, 0.2) is 0 Å². The van der Waals surface area contributed by atoms with Crippen LogP contribution < -0.4 is 5.32 Å². The van der Waals surface area contributed by atoms with Crippen molar-refractivity contribution in [3.05, 3.63) is 0 Å². The van der Waals surface area contributed by atoms with Crippen molar-refractivity contribution in [1.29, 1.82) is 0 Å². The molecule has 126 valence electrons. The molecular formula is C16H32F2N2O. The molecule has 1 saturated carbocycles. The van der Waals surface area contributed by atoms with E-state index in [4.69, 9.17) is 5.11 Å². The predicted octanol–water partition coefficient (Wildman–Crippen LogP) is 2.60. The smallest absolute Gasteiger partial charge is 0.251 e. The lowest BCUT2D eigenvalue weighted by Gasteiger charge is -2.42. The van der Waals surface area contributed by atoms with Crippen molar-refractivity contribution in [2.24, 2.45) is 17.8 Å². The maximum atomic E-state index is 12.7. The molecule has 0 bridgehead atoms. The molecule has 0 amide bonds. The zero-order valence-electron chi connectivity index (χ0n) is 13.7. The summed E-state index contributed by atoms with van der Waals surface area (Å²) in [6.45, 7) is 8.33. The van der Waals surface area contributed by atoms with Gasteiger partial charge in [0.1, 0.15) is 0 Å². The number of hydrogen-bond acceptors (Lipinski definition) is 3. The number of nitrogens with one attached hydrogen (secondary N) is 1. The van der Waals surface area contributed by atoms with E-state index < -0.39 is 6.43 Å². The number of aliphatic hydroxyl groups excluding tert-OH is 1. The molecule has 1 aliphatic rings. The number of alkyl halides is 2. The molecular weight excluding hydrogens is 274 g/mol. The van der Waals surface area contributed by atoms with Gasteiger partial charge in [-0.05, 0) is 43.6 Å². The highest BCUT2D eigenvalue weighted by Crippen LogP contribution is 2.34. The minimum absolute atomic E-state index is 0.0583. The standard InChI is InChI=1S/C16H32F2N2O/c1-4-5-19-15-9-12(2)8-13(3)14(15)10-20(6-7-21)11-16(17)18/h12-16,19,21H,4-11H2,1-3H3. The summed E-state index contributed by atoms with van der Waals surface area (Å²) < 4.78 is 25.4. The van der Waals surface area contributed by atoms with Crippen LogP contribution in [-0.2, 0) is 0 Å². The first-order valence-corrected chi connectivity index (χ1v) is 8.32. The monoisotopic (exact) mass is 306 g/mol. The number of nitrogens with zero attached hydrogens (tertiary/aromatic N) is 1. The summed E-state index contributed by atoms with van der Waals surface area (Å²) in [4.78, 5) is 1.72. The van der Waals surface area contributed by atoms with Crippen molar-refractivity contribution in [3.8, 4) is 0 Å². The fourth-order valence-electron chi connectivity index (χ4n) is 3.67. The Bertz CT molecular complexity index is 279. The van der Waals surface area contributed by atoms with Gasteiger partial charge in [-0.1, -0.05) is 20.8 Å². The minimum Gasteiger partial charge on any atom is -0.395 e. The molecule has 21 heavy (non-hydrogen) atoms. The fourth-order valence-corrected chi connectivity index (χ4v) is 3.67. The molecule has 1 rings (SSSR count). The van der Waals surface area contributed by atoms with Gasteiger partial charge in [0.2, 0.25) is 0 Å². The molecule has 2 N–H and O–H groups in total. The van der Waals surface area contributed by atoms with Crippen LogP contribution in [0.2, 0.25) is 0 Å². The van der Waals surface area contributed by atoms with Crippen LogP contribution in [0.1, 0.15) is 40.0 Å². The third-order valence-corrected chi connectivity index (χ3v) is 4.62. The van der Waals surface area contributed by atoms with Crippen molar-refractivity contribution in [2.75, 3.05) is 32.8 Å². The summed E-state index contributed by atoms with van der Waals surface area (Å²) in [6.07, 6.45) is 1.04. The molecule has 0 heterocycles. The van der Waals surface area contributed by atoms with Gasteiger partial charge in [0, 0.05) is 19.1 Å². The maximum absolute atomic E-state index is 12.7. The molecule has 0 aromatic carbocycles. The van der Waals surface area contributed by atoms with Gasteiger partial charge in [0.25, 0.3) is 6.43 Å². The molecule has 0 saturated heterocycles. The Labute approximate surface area is 128 Å². The Morgan fingerprint density at radius 2 is 2.00 bits per heavy atom. The molecule has 1 aliphatic carbocycles. The summed E-state index contributed by atoms with van der Waals surface area (Å²) in [6, 6.07) is 0.405. The van der Waals surface area contributed by atoms with Gasteiger partial charge < -0.3 is 10.4 Å². The van der Waals surface area contributed by atoms with Crippen molar-refractivity contribution in [2.45, 2.75) is 52.5 Å². The van der Waals surface area contributed by atoms with Crippen LogP contribution >= 0.6 is 0 Å². The first-order valence-electron chi connectivity index (χ1n) is 8.32. The lowest BCUT2D eigenvalue weighted by Crippen LogP contribution is -2.50. The molecule has 0 spiro atoms. The highest BCUT2D eigenvalue weighted by Gasteiger charge is 2.34. The molecule has 4 atom stereocenters. The molecule has 0 aromatic rings. The quantitative estimate of drug-likeness (QED) is 0.687. The second kappa shape index (κ2) is 9.70. The number of hydrogen-bond donors (Lipinski definition) is 2. The van der Waals surface area contributed by atoms with Crippen LogP contribution in [0, 0.1) is 17.8 Å². The average molecular weight is 306 g/mol. The molecule has 0 aliphatic heterocycles. The highest BCUT2D eigenvalue weighted by atomic mass is 19.3. The van der Waals surface area contributed by atoms with Gasteiger partial charge >= 0.3 is 0 Å². The molecule has 3 nitrogen and oxygen atoms in total. The van der Waals surface area contributed by atoms with Crippen LogP contribution in [0.4, 0.5) is 8.78 Å². The van der Waals surface area contributed by atoms with E-state index in [1.165, 1.54) is 0 Å². The largest absolute Gasteiger partial charge is 0.395 e. The zero-order chi connectivity index (χ0) is 15.8. The van der Waals surface area contributed by atoms with Crippen LogP contribution in [-0.4, -0.2) is 55.3 Å². The summed E-state index contributed by atoms with van der Waals surface area (Å²) >= 11 is 0. The van der Waals surface area contributed by atoms with Crippen molar-refractivity contribution >= 4 is 0 Å². The Hall–Kier alpha value is -0.260. The van der Waals surface area contributed by atoms with E-state index in [0.29, 0.717) is 36.9 Å². The molecule has 5 heteroatoms. The van der Waals surface area contributed by atoms with Gasteiger partial charge in [-0.2, -0.15) is 0 Å². The topological polar surface area (TPSA) is 35.5 Å². The van der Waals surface area contributed by atoms with E-state index in [1.54, 1.807) is 4.90 Å². The Morgan fingerprint density at radius 3 is 2.57 bits per heavy atom. The Kier molecular flexibility index (Phi) is 8.67. The second-order valence-electron chi connectivity index (χ2n) is 6.65. The van der Waals surface area contributed by atoms with Crippen molar-refractivity contribution in [3.63, 3.8) is 0 Å². The van der Waals surface area contributed by atoms with Crippen molar-refractivity contribution < 1.29 is 13.9 Å². The molecule has 0 radical (unpaired) electrons. The summed E-state index contributed by atoms with van der Waals surface area (Å²) in [5.74, 6) is 1.60. The highest BCUT2D eigenvalue weighted by molar-refractivity contribution is 4.89. The summed E-state index contributed by atoms with van der Waals surface area (Å²) in [7, 11) is 0. The van der Waals surface area contributed by atoms with Crippen molar-refractivity contribution in [1.82, 2.24) is 10.2 Å². The van der Waals surface area contributed by atoms with E-state index in [9.17, 15) is 8.78 Å². The SMILES string of the molecule is CCCNC1CC(C)CC(C)C1CN(CCO)CC(F)F. The van der Waals surface area contributed by atoms with Crippen LogP contribution in [0.5, 0.6) is 0 Å². The van der Waals surface area contributed by atoms with Gasteiger partial charge in [-0.25, -0.2) is 8.78 Å². The second-order valence-corrected chi connectivity index (χ2v) is 6.65. The van der Waals surface area contributed by atoms with Gasteiger partial charge in [0.15, 0.2) is 0 Å². The van der Waals surface area contributed by atoms with Gasteiger partial charge in [-0.15, -0.1) is 0 Å². The van der Waals surface area contributed by atoms with E-state index in [0.717, 1.165) is 25.8 Å². The third kappa shape index (κ3) is 6.57. The third-order valence-electron chi connectivity index (χ3n) is 4.62. The first kappa shape index (κ1) is 18.8. The summed E-state index contributed by atoms with van der Waals surface area (Å²) in [5.41, 5.74) is 0. The number of aliphatic hydroxyl groups is 1. The zero-order valence-corrected chi connectivity index (χ0v) is 13.7. The number of halogens is 2. The molecule has 1 fully saturated rings. The van der Waals surface area contributed by atoms with Gasteiger partial charge in [-0.3, -0.25) is 4.90 Å². The lowest BCUT2D eigenvalue weighted by molar-refractivity contribution is 0.0439. The fraction of sp³-hybridized carbons (Fsp3) is 1.00. The normalized spacial score (nSPS) is 30.3. The van der Waals surface area contributed by atoms with E-state index in [2.05, 4.69) is 26.1 Å². The molecule has 0 aromatic heterocycles. The Morgan fingerprint density at radius 1 is 1.29 bits per heavy atom. The summed E-state index contributed by atoms with van der Waals surface area (Å²) in [5, 5.41) is 12.7. The Balaban J connectivity index is 2.67. The van der Waals surface area contributed by atoms with Crippen LogP contribution in [0.25, 0.3) is 0 Å².